The van der Waals surface area contributed by atoms with Crippen LogP contribution >= 0.6 is 31.9 Å². The summed E-state index contributed by atoms with van der Waals surface area (Å²) in [6.45, 7) is 0.338. The Morgan fingerprint density at radius 3 is 1.78 bits per heavy atom. The van der Waals surface area contributed by atoms with Crippen LogP contribution in [0.25, 0.3) is 0 Å². The van der Waals surface area contributed by atoms with Crippen molar-refractivity contribution in [2.24, 2.45) is 10.3 Å². The van der Waals surface area contributed by atoms with Crippen molar-refractivity contribution in [1.29, 1.82) is 0 Å². The molecule has 0 saturated heterocycles. The van der Waals surface area contributed by atoms with Gasteiger partial charge in [0.2, 0.25) is 0 Å². The van der Waals surface area contributed by atoms with Gasteiger partial charge in [0.1, 0.15) is 19.0 Å². The Balaban J connectivity index is 1.50. The Morgan fingerprint density at radius 2 is 1.24 bits per heavy atom. The van der Waals surface area contributed by atoms with E-state index in [0.717, 1.165) is 11.1 Å². The van der Waals surface area contributed by atoms with Crippen molar-refractivity contribution >= 4 is 55.2 Å². The fourth-order valence-corrected chi connectivity index (χ4v) is 5.32. The number of ether oxygens (including phenoxy) is 3. The van der Waals surface area contributed by atoms with Crippen molar-refractivity contribution in [2.45, 2.75) is 26.1 Å². The maximum absolute atomic E-state index is 12.5. The monoisotopic (exact) mass is 752 g/mol. The van der Waals surface area contributed by atoms with Gasteiger partial charge in [0, 0.05) is 12.8 Å². The molecule has 0 atom stereocenters. The van der Waals surface area contributed by atoms with E-state index in [2.05, 4.69) is 42.2 Å². The predicted octanol–water partition coefficient (Wildman–Crippen LogP) is 7.50. The number of carbonyl (C=O) groups excluding carboxylic acids is 1. The second kappa shape index (κ2) is 17.1. The van der Waals surface area contributed by atoms with Crippen LogP contribution in [-0.4, -0.2) is 42.7 Å². The molecule has 0 aliphatic carbocycles. The second-order valence-electron chi connectivity index (χ2n) is 9.72. The van der Waals surface area contributed by atoms with Gasteiger partial charge >= 0.3 is 11.9 Å². The number of methoxy groups -OCH3 is 2. The van der Waals surface area contributed by atoms with Gasteiger partial charge in [0.05, 0.1) is 23.2 Å². The lowest BCUT2D eigenvalue weighted by Crippen LogP contribution is -2.19. The summed E-state index contributed by atoms with van der Waals surface area (Å²) >= 11 is 7.04. The highest BCUT2D eigenvalue weighted by atomic mass is 79.9. The molecule has 0 heterocycles. The molecule has 238 valence electrons. The quantitative estimate of drug-likeness (QED) is 0.0752. The highest BCUT2D eigenvalue weighted by molar-refractivity contribution is 9.11. The Kier molecular flexibility index (Phi) is 12.7. The van der Waals surface area contributed by atoms with Crippen LogP contribution in [0.4, 0.5) is 0 Å². The third kappa shape index (κ3) is 9.91. The number of esters is 1. The maximum Gasteiger partial charge on any atom is 0.356 e. The number of carboxylic acids is 1. The molecule has 0 bridgehead atoms. The first-order chi connectivity index (χ1) is 22.3. The molecule has 4 aromatic rings. The van der Waals surface area contributed by atoms with E-state index in [-0.39, 0.29) is 37.5 Å². The fraction of sp³-hybridized carbons (Fsp3) is 0.176. The SMILES string of the molecule is COC(=O)/C(Cc1cc(Br)c(OC)c(Oc2ccc(C/C(=N\OCc3ccccc3)C(=O)O)cc2Br)c1)=N/OCc1ccccc1. The predicted molar refractivity (Wildman–Crippen MR) is 179 cm³/mol. The van der Waals surface area contributed by atoms with Gasteiger partial charge in [0.25, 0.3) is 0 Å². The lowest BCUT2D eigenvalue weighted by Gasteiger charge is -2.15. The number of benzene rings is 4. The molecular weight excluding hydrogens is 724 g/mol. The minimum atomic E-state index is -1.18. The number of rotatable bonds is 15. The summed E-state index contributed by atoms with van der Waals surface area (Å²) in [4.78, 5) is 35.1. The van der Waals surface area contributed by atoms with Gasteiger partial charge in [-0.25, -0.2) is 9.59 Å². The van der Waals surface area contributed by atoms with Gasteiger partial charge in [0.15, 0.2) is 22.9 Å². The molecule has 0 aromatic heterocycles. The van der Waals surface area contributed by atoms with Gasteiger partial charge in [-0.1, -0.05) is 77.0 Å². The normalized spacial score (nSPS) is 11.5. The van der Waals surface area contributed by atoms with Crippen LogP contribution in [0.3, 0.4) is 0 Å². The van der Waals surface area contributed by atoms with Gasteiger partial charge < -0.3 is 29.0 Å². The van der Waals surface area contributed by atoms with Gasteiger partial charge in [-0.3, -0.25) is 0 Å². The van der Waals surface area contributed by atoms with Crippen molar-refractivity contribution in [3.8, 4) is 17.2 Å². The number of nitrogens with zero attached hydrogens (tertiary/aromatic N) is 2. The zero-order chi connectivity index (χ0) is 32.9. The highest BCUT2D eigenvalue weighted by Gasteiger charge is 2.20. The molecule has 10 nitrogen and oxygen atoms in total. The van der Waals surface area contributed by atoms with E-state index < -0.39 is 11.9 Å². The molecule has 4 aromatic carbocycles. The smallest absolute Gasteiger partial charge is 0.356 e. The topological polar surface area (TPSA) is 125 Å². The van der Waals surface area contributed by atoms with Crippen molar-refractivity contribution < 1.29 is 38.6 Å². The molecule has 0 spiro atoms. The Labute approximate surface area is 282 Å². The zero-order valence-corrected chi connectivity index (χ0v) is 28.1. The number of carbonyl (C=O) groups is 2. The Morgan fingerprint density at radius 1 is 0.674 bits per heavy atom. The zero-order valence-electron chi connectivity index (χ0n) is 24.9. The van der Waals surface area contributed by atoms with Crippen molar-refractivity contribution in [2.75, 3.05) is 14.2 Å². The molecule has 0 aliphatic rings. The van der Waals surface area contributed by atoms with Crippen LogP contribution in [0.1, 0.15) is 22.3 Å². The first-order valence-corrected chi connectivity index (χ1v) is 15.5. The fourth-order valence-electron chi connectivity index (χ4n) is 4.16. The minimum absolute atomic E-state index is 0.0232. The summed E-state index contributed by atoms with van der Waals surface area (Å²) in [5, 5.41) is 17.6. The summed E-state index contributed by atoms with van der Waals surface area (Å²) in [5.74, 6) is -0.593. The molecule has 0 unspecified atom stereocenters. The summed E-state index contributed by atoms with van der Waals surface area (Å²) in [7, 11) is 2.79. The van der Waals surface area contributed by atoms with E-state index in [4.69, 9.17) is 23.9 Å². The third-order valence-corrected chi connectivity index (χ3v) is 7.61. The molecule has 0 aliphatic heterocycles. The number of hydrogen-bond acceptors (Lipinski definition) is 9. The standard InChI is InChI=1S/C34H30Br2N2O8/c1-42-32-27(36)16-25(18-29(34(41)43-2)38-45-21-23-11-7-4-8-12-23)19-31(32)46-30-14-13-24(15-26(30)35)17-28(33(39)40)37-44-20-22-9-5-3-6-10-22/h3-16,19H,17-18,20-21H2,1-2H3,(H,39,40)/b37-28+,38-29+. The Hall–Kier alpha value is -4.68. The van der Waals surface area contributed by atoms with E-state index in [9.17, 15) is 14.7 Å². The van der Waals surface area contributed by atoms with E-state index >= 15 is 0 Å². The van der Waals surface area contributed by atoms with E-state index in [0.29, 0.717) is 37.3 Å². The van der Waals surface area contributed by atoms with Gasteiger partial charge in [-0.2, -0.15) is 0 Å². The number of aliphatic carboxylic acids is 1. The first kappa shape index (κ1) is 34.2. The molecule has 1 N–H and O–H groups in total. The third-order valence-electron chi connectivity index (χ3n) is 6.40. The first-order valence-electron chi connectivity index (χ1n) is 13.9. The van der Waals surface area contributed by atoms with Gasteiger partial charge in [-0.15, -0.1) is 0 Å². The lowest BCUT2D eigenvalue weighted by atomic mass is 10.1. The summed E-state index contributed by atoms with van der Waals surface area (Å²) in [6, 6.07) is 27.5. The van der Waals surface area contributed by atoms with Crippen LogP contribution in [-0.2, 0) is 50.1 Å². The lowest BCUT2D eigenvalue weighted by molar-refractivity contribution is -0.133. The molecule has 46 heavy (non-hydrogen) atoms. The molecule has 0 saturated carbocycles. The molecule has 12 heteroatoms. The molecule has 0 radical (unpaired) electrons. The van der Waals surface area contributed by atoms with Crippen molar-refractivity contribution in [3.05, 3.63) is 122 Å². The van der Waals surface area contributed by atoms with Crippen LogP contribution in [0.5, 0.6) is 17.2 Å². The summed E-state index contributed by atoms with van der Waals surface area (Å²) in [5.41, 5.74) is 3.02. The van der Waals surface area contributed by atoms with E-state index in [1.807, 2.05) is 60.7 Å². The van der Waals surface area contributed by atoms with Crippen molar-refractivity contribution in [1.82, 2.24) is 0 Å². The minimum Gasteiger partial charge on any atom is -0.492 e. The molecule has 4 rings (SSSR count). The molecule has 0 fully saturated rings. The highest BCUT2D eigenvalue weighted by Crippen LogP contribution is 2.41. The largest absolute Gasteiger partial charge is 0.492 e. The average Bonchev–Trinajstić information content (AvgIpc) is 3.05. The number of carboxylic acid groups (broad SMARTS) is 1. The van der Waals surface area contributed by atoms with E-state index in [1.54, 1.807) is 30.3 Å². The summed E-state index contributed by atoms with van der Waals surface area (Å²) in [6.07, 6.45) is 0.111. The van der Waals surface area contributed by atoms with Crippen LogP contribution < -0.4 is 9.47 Å². The van der Waals surface area contributed by atoms with Crippen LogP contribution in [0.15, 0.2) is 110 Å². The van der Waals surface area contributed by atoms with Crippen molar-refractivity contribution in [3.63, 3.8) is 0 Å². The second-order valence-corrected chi connectivity index (χ2v) is 11.4. The number of halogens is 2. The number of oxime groups is 2. The number of hydrogen-bond donors (Lipinski definition) is 1. The van der Waals surface area contributed by atoms with Crippen LogP contribution in [0.2, 0.25) is 0 Å². The average molecular weight is 754 g/mol. The summed E-state index contributed by atoms with van der Waals surface area (Å²) < 4.78 is 17.9. The molecule has 0 amide bonds. The van der Waals surface area contributed by atoms with E-state index in [1.165, 1.54) is 14.2 Å². The maximum atomic E-state index is 12.5. The van der Waals surface area contributed by atoms with Crippen LogP contribution in [0, 0.1) is 0 Å². The van der Waals surface area contributed by atoms with Gasteiger partial charge in [-0.05, 0) is 78.4 Å². The Bertz CT molecular complexity index is 1710. The molecular formula is C34H30Br2N2O8.